The molecule has 0 heterocycles. The van der Waals surface area contributed by atoms with Crippen LogP contribution in [0.5, 0.6) is 0 Å². The minimum absolute atomic E-state index is 0.00792. The van der Waals surface area contributed by atoms with E-state index in [-0.39, 0.29) is 23.3 Å². The number of nitrogens with zero attached hydrogens (tertiary/aromatic N) is 1. The third kappa shape index (κ3) is 4.39. The molecule has 166 valence electrons. The van der Waals surface area contributed by atoms with Gasteiger partial charge in [-0.15, -0.1) is 0 Å². The molecule has 0 aromatic carbocycles. The normalized spacial score (nSPS) is 32.7. The Bertz CT molecular complexity index is 696. The molecule has 29 heavy (non-hydrogen) atoms. The molecule has 5 atom stereocenters. The van der Waals surface area contributed by atoms with E-state index in [0.29, 0.717) is 18.1 Å². The predicted octanol–water partition coefficient (Wildman–Crippen LogP) is 2.64. The smallest absolute Gasteiger partial charge is 0.341 e. The second-order valence-corrected chi connectivity index (χ2v) is 10.5. The van der Waals surface area contributed by atoms with Crippen molar-refractivity contribution in [2.45, 2.75) is 84.2 Å². The molecule has 2 N–H and O–H groups in total. The van der Waals surface area contributed by atoms with Crippen LogP contribution >= 0.6 is 15.9 Å². The molecule has 3 saturated carbocycles. The first kappa shape index (κ1) is 24.3. The quantitative estimate of drug-likeness (QED) is 0.451. The first-order valence-electron chi connectivity index (χ1n) is 10.1. The Morgan fingerprint density at radius 3 is 2.31 bits per heavy atom. The van der Waals surface area contributed by atoms with Crippen LogP contribution in [-0.2, 0) is 19.1 Å². The summed E-state index contributed by atoms with van der Waals surface area (Å²) in [5, 5.41) is 22.1. The maximum absolute atomic E-state index is 13.0. The van der Waals surface area contributed by atoms with Gasteiger partial charge in [0, 0.05) is 11.0 Å². The van der Waals surface area contributed by atoms with Crippen molar-refractivity contribution in [2.24, 2.45) is 22.2 Å². The minimum atomic E-state index is -2.25. The average Bonchev–Trinajstić information content (AvgIpc) is 2.57. The van der Waals surface area contributed by atoms with Crippen LogP contribution in [0.15, 0.2) is 4.99 Å². The van der Waals surface area contributed by atoms with Gasteiger partial charge in [-0.2, -0.15) is 0 Å². The van der Waals surface area contributed by atoms with Crippen LogP contribution in [0.4, 0.5) is 0 Å². The Balaban J connectivity index is 2.49. The molecule has 0 aliphatic heterocycles. The molecule has 0 amide bonds. The zero-order chi connectivity index (χ0) is 22.4. The van der Waals surface area contributed by atoms with Gasteiger partial charge in [0.15, 0.2) is 6.04 Å². The average molecular weight is 476 g/mol. The third-order valence-electron chi connectivity index (χ3n) is 6.37. The lowest BCUT2D eigenvalue weighted by Crippen LogP contribution is -2.65. The molecule has 7 nitrogen and oxygen atoms in total. The molecule has 3 aliphatic carbocycles. The summed E-state index contributed by atoms with van der Waals surface area (Å²) in [5.74, 6) is -1.48. The zero-order valence-electron chi connectivity index (χ0n) is 18.4. The van der Waals surface area contributed by atoms with Crippen molar-refractivity contribution in [3.05, 3.63) is 0 Å². The van der Waals surface area contributed by atoms with Gasteiger partial charge >= 0.3 is 11.9 Å². The molecule has 0 saturated heterocycles. The number of alkyl halides is 1. The largest absolute Gasteiger partial charge is 0.464 e. The fourth-order valence-corrected chi connectivity index (χ4v) is 5.04. The lowest BCUT2D eigenvalue weighted by atomic mass is 9.44. The molecule has 3 fully saturated rings. The van der Waals surface area contributed by atoms with Gasteiger partial charge in [-0.1, -0.05) is 29.8 Å². The number of hydrogen-bond donors (Lipinski definition) is 2. The number of halogens is 1. The van der Waals surface area contributed by atoms with Crippen LogP contribution in [0, 0.1) is 17.3 Å². The fraction of sp³-hybridized carbons (Fsp3) is 0.857. The van der Waals surface area contributed by atoms with Gasteiger partial charge in [0.2, 0.25) is 5.60 Å². The first-order chi connectivity index (χ1) is 13.1. The van der Waals surface area contributed by atoms with Gasteiger partial charge in [0.25, 0.3) is 0 Å². The van der Waals surface area contributed by atoms with Gasteiger partial charge in [-0.3, -0.25) is 4.99 Å². The van der Waals surface area contributed by atoms with Crippen molar-refractivity contribution < 1.29 is 29.3 Å². The summed E-state index contributed by atoms with van der Waals surface area (Å²) < 4.78 is 10.5. The predicted molar refractivity (Wildman–Crippen MR) is 113 cm³/mol. The molecule has 0 unspecified atom stereocenters. The lowest BCUT2D eigenvalue weighted by Gasteiger charge is -2.62. The number of carbonyl (C=O) groups is 2. The van der Waals surface area contributed by atoms with Crippen LogP contribution in [0.2, 0.25) is 0 Å². The van der Waals surface area contributed by atoms with E-state index >= 15 is 0 Å². The Kier molecular flexibility index (Phi) is 6.64. The second-order valence-electron chi connectivity index (χ2n) is 9.95. The molecule has 8 heteroatoms. The Hall–Kier alpha value is -0.990. The summed E-state index contributed by atoms with van der Waals surface area (Å²) >= 11 is 3.13. The first-order valence-corrected chi connectivity index (χ1v) is 11.2. The van der Waals surface area contributed by atoms with Gasteiger partial charge in [-0.05, 0) is 64.7 Å². The molecular formula is C21H34BrNO6. The summed E-state index contributed by atoms with van der Waals surface area (Å²) in [6.45, 7) is 12.7. The number of rotatable bonds is 6. The molecule has 0 spiro atoms. The number of aliphatic imine (C=N–C) groups is 1. The van der Waals surface area contributed by atoms with Crippen LogP contribution < -0.4 is 0 Å². The van der Waals surface area contributed by atoms with E-state index in [1.54, 1.807) is 34.6 Å². The molecular weight excluding hydrogens is 442 g/mol. The van der Waals surface area contributed by atoms with Crippen LogP contribution in [0.25, 0.3) is 0 Å². The number of ether oxygens (including phenoxy) is 2. The highest BCUT2D eigenvalue weighted by atomic mass is 79.9. The second kappa shape index (κ2) is 7.93. The highest BCUT2D eigenvalue weighted by Gasteiger charge is 2.62. The van der Waals surface area contributed by atoms with Gasteiger partial charge in [-0.25, -0.2) is 9.59 Å². The monoisotopic (exact) mass is 475 g/mol. The third-order valence-corrected chi connectivity index (χ3v) is 7.23. The summed E-state index contributed by atoms with van der Waals surface area (Å²) in [7, 11) is 0. The SMILES string of the molecule is CCOC(=O)[C@](O)(CBr)[C@H](N=C1C[C@H]2C[C@H](C2(C)C)[C@@]1(C)O)C(=O)OC(C)(C)C. The van der Waals surface area contributed by atoms with E-state index in [4.69, 9.17) is 9.47 Å². The van der Waals surface area contributed by atoms with Crippen molar-refractivity contribution in [3.63, 3.8) is 0 Å². The Morgan fingerprint density at radius 2 is 1.90 bits per heavy atom. The molecule has 0 aromatic heterocycles. The molecule has 0 aromatic rings. The Morgan fingerprint density at radius 1 is 1.31 bits per heavy atom. The topological polar surface area (TPSA) is 105 Å². The van der Waals surface area contributed by atoms with Crippen molar-refractivity contribution in [1.82, 2.24) is 0 Å². The van der Waals surface area contributed by atoms with E-state index in [2.05, 4.69) is 34.8 Å². The van der Waals surface area contributed by atoms with E-state index in [1.807, 2.05) is 0 Å². The number of aliphatic hydroxyl groups is 2. The van der Waals surface area contributed by atoms with Gasteiger partial charge in [0.1, 0.15) is 11.2 Å². The van der Waals surface area contributed by atoms with Gasteiger partial charge < -0.3 is 19.7 Å². The van der Waals surface area contributed by atoms with Crippen LogP contribution in [-0.4, -0.2) is 62.6 Å². The number of fused-ring (bicyclic) bond motifs is 2. The number of carbonyl (C=O) groups excluding carboxylic acids is 2. The van der Waals surface area contributed by atoms with Crippen LogP contribution in [0.3, 0.4) is 0 Å². The summed E-state index contributed by atoms with van der Waals surface area (Å²) in [4.78, 5) is 30.0. The highest BCUT2D eigenvalue weighted by Crippen LogP contribution is 2.61. The summed E-state index contributed by atoms with van der Waals surface area (Å²) in [6.07, 6.45) is 1.38. The maximum atomic E-state index is 13.0. The fourth-order valence-electron chi connectivity index (χ4n) is 4.50. The van der Waals surface area contributed by atoms with E-state index in [9.17, 15) is 19.8 Å². The number of hydrogen-bond acceptors (Lipinski definition) is 7. The minimum Gasteiger partial charge on any atom is -0.464 e. The molecule has 2 bridgehead atoms. The zero-order valence-corrected chi connectivity index (χ0v) is 20.0. The van der Waals surface area contributed by atoms with Gasteiger partial charge in [0.05, 0.1) is 6.61 Å². The van der Waals surface area contributed by atoms with Crippen molar-refractivity contribution in [2.75, 3.05) is 11.9 Å². The van der Waals surface area contributed by atoms with Crippen molar-refractivity contribution in [1.29, 1.82) is 0 Å². The van der Waals surface area contributed by atoms with E-state index < -0.39 is 34.8 Å². The molecule has 3 rings (SSSR count). The van der Waals surface area contributed by atoms with Crippen LogP contribution in [0.1, 0.15) is 61.3 Å². The highest BCUT2D eigenvalue weighted by molar-refractivity contribution is 9.09. The standard InChI is InChI=1S/C21H34BrNO6/c1-8-28-17(25)21(27,11-22)15(16(24)29-18(2,3)4)23-14-10-12-9-13(19(12,5)6)20(14,7)26/h12-13,15,26-27H,8-11H2,1-7H3/t12-,13-,15-,20-,21+/m1/s1. The summed E-state index contributed by atoms with van der Waals surface area (Å²) in [5.41, 5.74) is -3.94. The molecule has 3 aliphatic rings. The van der Waals surface area contributed by atoms with E-state index in [0.717, 1.165) is 6.42 Å². The van der Waals surface area contributed by atoms with Crippen molar-refractivity contribution >= 4 is 33.6 Å². The molecule has 0 radical (unpaired) electrons. The van der Waals surface area contributed by atoms with E-state index in [1.165, 1.54) is 0 Å². The maximum Gasteiger partial charge on any atom is 0.341 e. The summed E-state index contributed by atoms with van der Waals surface area (Å²) in [6, 6.07) is -1.55. The Labute approximate surface area is 181 Å². The number of esters is 2. The lowest BCUT2D eigenvalue weighted by molar-refractivity contribution is -0.176. The van der Waals surface area contributed by atoms with Crippen molar-refractivity contribution in [3.8, 4) is 0 Å².